The summed E-state index contributed by atoms with van der Waals surface area (Å²) in [6.45, 7) is 14.4. The van der Waals surface area contributed by atoms with Gasteiger partial charge in [0.1, 0.15) is 18.5 Å². The monoisotopic (exact) mass is 565 g/mol. The van der Waals surface area contributed by atoms with Crippen LogP contribution in [0.15, 0.2) is 42.5 Å². The van der Waals surface area contributed by atoms with Crippen molar-refractivity contribution in [1.29, 1.82) is 0 Å². The second-order valence-corrected chi connectivity index (χ2v) is 13.0. The Balaban J connectivity index is 0.00000242. The number of ether oxygens (including phenoxy) is 2. The number of carbonyl (C=O) groups excluding carboxylic acids is 2. The minimum atomic E-state index is -3.85. The number of aliphatic hydroxyl groups excluding tert-OH is 1. The molecule has 0 amide bonds. The molecule has 0 radical (unpaired) electrons. The molecule has 0 bridgehead atoms. The predicted octanol–water partition coefficient (Wildman–Crippen LogP) is 4.69. The maximum absolute atomic E-state index is 12.8. The smallest absolute Gasteiger partial charge is 0.343 e. The Kier molecular flexibility index (Phi) is 12.3. The normalized spacial score (nSPS) is 13.5. The van der Waals surface area contributed by atoms with E-state index in [1.54, 1.807) is 58.0 Å². The molecule has 0 saturated heterocycles. The molecule has 10 heteroatoms. The highest BCUT2D eigenvalue weighted by Gasteiger charge is 2.34. The third-order valence-electron chi connectivity index (χ3n) is 5.45. The van der Waals surface area contributed by atoms with Crippen LogP contribution in [0.25, 0.3) is 0 Å². The van der Waals surface area contributed by atoms with Crippen molar-refractivity contribution in [2.75, 3.05) is 12.9 Å². The zero-order chi connectivity index (χ0) is 30.2. The molecule has 0 heterocycles. The maximum Gasteiger partial charge on any atom is 0.343 e. The first-order chi connectivity index (χ1) is 17.8. The van der Waals surface area contributed by atoms with Crippen LogP contribution in [0, 0.1) is 17.8 Å². The van der Waals surface area contributed by atoms with Crippen molar-refractivity contribution < 1.29 is 36.8 Å². The van der Waals surface area contributed by atoms with Crippen molar-refractivity contribution in [3.8, 4) is 5.75 Å². The van der Waals surface area contributed by atoms with Crippen molar-refractivity contribution in [3.05, 3.63) is 64.7 Å². The van der Waals surface area contributed by atoms with E-state index in [0.29, 0.717) is 16.7 Å². The summed E-state index contributed by atoms with van der Waals surface area (Å²) in [7, 11) is -3.85. The van der Waals surface area contributed by atoms with Crippen LogP contribution < -0.4 is 10.5 Å². The molecule has 2 unspecified atom stereocenters. The van der Waals surface area contributed by atoms with E-state index in [9.17, 15) is 18.0 Å². The summed E-state index contributed by atoms with van der Waals surface area (Å²) in [5.74, 6) is -0.848. The molecular weight excluding hydrogens is 522 g/mol. The molecule has 2 aromatic rings. The molecule has 0 aliphatic carbocycles. The van der Waals surface area contributed by atoms with Gasteiger partial charge in [-0.15, -0.1) is 0 Å². The quantitative estimate of drug-likeness (QED) is 0.265. The van der Waals surface area contributed by atoms with Gasteiger partial charge in [0, 0.05) is 18.2 Å². The lowest BCUT2D eigenvalue weighted by atomic mass is 9.81. The van der Waals surface area contributed by atoms with Gasteiger partial charge in [-0.3, -0.25) is 8.98 Å². The summed E-state index contributed by atoms with van der Waals surface area (Å²) < 4.78 is 40.6. The first-order valence-electron chi connectivity index (χ1n) is 12.6. The second kappa shape index (κ2) is 14.0. The van der Waals surface area contributed by atoms with E-state index in [1.807, 2.05) is 33.8 Å². The van der Waals surface area contributed by atoms with Gasteiger partial charge < -0.3 is 20.3 Å². The Morgan fingerprint density at radius 3 is 2.10 bits per heavy atom. The minimum absolute atomic E-state index is 0.175. The van der Waals surface area contributed by atoms with Crippen molar-refractivity contribution in [3.63, 3.8) is 0 Å². The number of benzene rings is 2. The lowest BCUT2D eigenvalue weighted by Crippen LogP contribution is -2.42. The van der Waals surface area contributed by atoms with Crippen molar-refractivity contribution >= 4 is 22.1 Å². The van der Waals surface area contributed by atoms with Crippen LogP contribution >= 0.6 is 0 Å². The number of aryl methyl sites for hydroxylation is 1. The Morgan fingerprint density at radius 2 is 1.62 bits per heavy atom. The minimum Gasteiger partial charge on any atom is -0.460 e. The number of hydrogen-bond acceptors (Lipinski definition) is 9. The molecule has 0 aliphatic heterocycles. The van der Waals surface area contributed by atoms with Gasteiger partial charge in [-0.2, -0.15) is 8.42 Å². The predicted molar refractivity (Wildman–Crippen MR) is 151 cm³/mol. The summed E-state index contributed by atoms with van der Waals surface area (Å²) in [6.07, 6.45) is -0.0575. The fraction of sp³-hybridized carbons (Fsp3) is 0.517. The molecule has 0 fully saturated rings. The van der Waals surface area contributed by atoms with Gasteiger partial charge in [0.05, 0.1) is 17.2 Å². The van der Waals surface area contributed by atoms with Crippen LogP contribution in [0.3, 0.4) is 0 Å². The molecule has 9 nitrogen and oxygen atoms in total. The average Bonchev–Trinajstić information content (AvgIpc) is 2.80. The van der Waals surface area contributed by atoms with E-state index in [2.05, 4.69) is 0 Å². The highest BCUT2D eigenvalue weighted by atomic mass is 32.2. The van der Waals surface area contributed by atoms with Gasteiger partial charge in [-0.05, 0) is 69.9 Å². The van der Waals surface area contributed by atoms with E-state index < -0.39 is 45.0 Å². The number of esters is 2. The van der Waals surface area contributed by atoms with Gasteiger partial charge in [0.2, 0.25) is 0 Å². The number of hydrogen-bond donors (Lipinski definition) is 2. The Labute approximate surface area is 232 Å². The van der Waals surface area contributed by atoms with Gasteiger partial charge in [-0.1, -0.05) is 44.5 Å². The van der Waals surface area contributed by atoms with Crippen molar-refractivity contribution in [2.45, 2.75) is 74.1 Å². The molecule has 39 heavy (non-hydrogen) atoms. The zero-order valence-electron chi connectivity index (χ0n) is 24.4. The molecule has 2 atom stereocenters. The van der Waals surface area contributed by atoms with Crippen LogP contribution in [0.1, 0.15) is 81.6 Å². The zero-order valence-corrected chi connectivity index (χ0v) is 25.2. The summed E-state index contributed by atoms with van der Waals surface area (Å²) >= 11 is 0. The SMILES string of the molecule is CCO.Cc1cccc(C(=O)Oc2ccc(C(OS(C)(=O)=O)C(N)C(C)(C)C)cc2COC(=O)C(C)(C)C)c1. The third-order valence-corrected chi connectivity index (χ3v) is 6.00. The van der Waals surface area contributed by atoms with Crippen LogP contribution in [0.2, 0.25) is 0 Å². The van der Waals surface area contributed by atoms with Crippen LogP contribution in [0.5, 0.6) is 5.75 Å². The molecule has 3 N–H and O–H groups in total. The highest BCUT2D eigenvalue weighted by molar-refractivity contribution is 7.86. The second-order valence-electron chi connectivity index (χ2n) is 11.4. The van der Waals surface area contributed by atoms with Crippen LogP contribution in [-0.2, 0) is 30.4 Å². The molecule has 0 aromatic heterocycles. The fourth-order valence-electron chi connectivity index (χ4n) is 3.24. The first kappa shape index (κ1) is 34.2. The van der Waals surface area contributed by atoms with Gasteiger partial charge >= 0.3 is 11.9 Å². The van der Waals surface area contributed by atoms with E-state index in [1.165, 1.54) is 6.07 Å². The molecule has 0 saturated carbocycles. The molecule has 2 rings (SSSR count). The topological polar surface area (TPSA) is 142 Å². The van der Waals surface area contributed by atoms with Crippen molar-refractivity contribution in [2.24, 2.45) is 16.6 Å². The largest absolute Gasteiger partial charge is 0.460 e. The molecule has 0 spiro atoms. The highest BCUT2D eigenvalue weighted by Crippen LogP contribution is 2.35. The number of nitrogens with two attached hydrogens (primary N) is 1. The third kappa shape index (κ3) is 11.5. The Bertz CT molecular complexity index is 1230. The van der Waals surface area contributed by atoms with E-state index in [0.717, 1.165) is 11.8 Å². The maximum atomic E-state index is 12.8. The Hall–Kier alpha value is -2.79. The van der Waals surface area contributed by atoms with Crippen LogP contribution in [0.4, 0.5) is 0 Å². The summed E-state index contributed by atoms with van der Waals surface area (Å²) in [5.41, 5.74) is 7.25. The molecule has 218 valence electrons. The molecule has 0 aliphatic rings. The lowest BCUT2D eigenvalue weighted by molar-refractivity contribution is -0.154. The fourth-order valence-corrected chi connectivity index (χ4v) is 3.85. The molecule has 2 aromatic carbocycles. The molecular formula is C29H43NO8S. The summed E-state index contributed by atoms with van der Waals surface area (Å²) in [5, 5.41) is 7.57. The summed E-state index contributed by atoms with van der Waals surface area (Å²) in [4.78, 5) is 25.2. The van der Waals surface area contributed by atoms with E-state index in [4.69, 9.17) is 24.5 Å². The average molecular weight is 566 g/mol. The standard InChI is InChI=1S/C27H37NO7S.C2H6O/c1-17-10-9-11-19(14-17)24(29)34-21-13-12-18(15-20(21)16-33-25(30)27(5,6)7)22(35-36(8,31)32)23(28)26(2,3)4;1-2-3/h9-15,22-23H,16,28H2,1-8H3;3H,2H2,1H3. The van der Waals surface area contributed by atoms with Crippen molar-refractivity contribution in [1.82, 2.24) is 0 Å². The Morgan fingerprint density at radius 1 is 1.03 bits per heavy atom. The first-order valence-corrected chi connectivity index (χ1v) is 14.5. The van der Waals surface area contributed by atoms with E-state index in [-0.39, 0.29) is 19.0 Å². The number of aliphatic hydroxyl groups is 1. The lowest BCUT2D eigenvalue weighted by Gasteiger charge is -2.33. The number of carbonyl (C=O) groups is 2. The summed E-state index contributed by atoms with van der Waals surface area (Å²) in [6, 6.07) is 11.0. The van der Waals surface area contributed by atoms with Gasteiger partial charge in [0.15, 0.2) is 0 Å². The van der Waals surface area contributed by atoms with Gasteiger partial charge in [0.25, 0.3) is 10.1 Å². The van der Waals surface area contributed by atoms with Crippen LogP contribution in [-0.4, -0.2) is 44.4 Å². The van der Waals surface area contributed by atoms with E-state index >= 15 is 0 Å². The van der Waals surface area contributed by atoms with Gasteiger partial charge in [-0.25, -0.2) is 4.79 Å². The number of rotatable bonds is 8.